The van der Waals surface area contributed by atoms with E-state index in [0.717, 1.165) is 5.75 Å². The second-order valence-corrected chi connectivity index (χ2v) is 5.00. The van der Waals surface area contributed by atoms with Crippen molar-refractivity contribution in [1.82, 2.24) is 5.32 Å². The summed E-state index contributed by atoms with van der Waals surface area (Å²) in [6.07, 6.45) is 0. The molecule has 1 aromatic heterocycles. The van der Waals surface area contributed by atoms with Crippen LogP contribution in [0.3, 0.4) is 0 Å². The second-order valence-electron chi connectivity index (χ2n) is 5.00. The third-order valence-electron chi connectivity index (χ3n) is 2.71. The van der Waals surface area contributed by atoms with Gasteiger partial charge in [0.1, 0.15) is 18.1 Å². The van der Waals surface area contributed by atoms with Crippen LogP contribution in [-0.2, 0) is 6.61 Å². The summed E-state index contributed by atoms with van der Waals surface area (Å²) < 4.78 is 11.1. The van der Waals surface area contributed by atoms with Crippen LogP contribution in [0.15, 0.2) is 40.8 Å². The molecule has 20 heavy (non-hydrogen) atoms. The minimum Gasteiger partial charge on any atom is -0.486 e. The summed E-state index contributed by atoms with van der Waals surface area (Å²) in [4.78, 5) is 11.7. The van der Waals surface area contributed by atoms with E-state index in [0.29, 0.717) is 18.1 Å². The van der Waals surface area contributed by atoms with Crippen molar-refractivity contribution < 1.29 is 13.9 Å². The Morgan fingerprint density at radius 3 is 2.55 bits per heavy atom. The average molecular weight is 273 g/mol. The molecule has 0 saturated carbocycles. The van der Waals surface area contributed by atoms with Crippen molar-refractivity contribution in [3.05, 3.63) is 53.5 Å². The number of carbonyl (C=O) groups excluding carboxylic acids is 1. The van der Waals surface area contributed by atoms with E-state index in [1.807, 2.05) is 45.0 Å². The summed E-state index contributed by atoms with van der Waals surface area (Å²) in [5.41, 5.74) is 1.18. The number of hydrogen-bond acceptors (Lipinski definition) is 3. The van der Waals surface area contributed by atoms with Gasteiger partial charge in [-0.2, -0.15) is 0 Å². The highest BCUT2D eigenvalue weighted by atomic mass is 16.5. The first kappa shape index (κ1) is 14.2. The number of rotatable bonds is 5. The Balaban J connectivity index is 1.92. The largest absolute Gasteiger partial charge is 0.486 e. The molecule has 0 fully saturated rings. The number of ether oxygens (including phenoxy) is 1. The van der Waals surface area contributed by atoms with Crippen LogP contribution in [0.5, 0.6) is 5.75 Å². The number of nitrogens with one attached hydrogen (secondary N) is 1. The molecule has 1 N–H and O–H groups in total. The van der Waals surface area contributed by atoms with E-state index in [4.69, 9.17) is 9.15 Å². The fourth-order valence-corrected chi connectivity index (χ4v) is 1.70. The maximum Gasteiger partial charge on any atom is 0.287 e. The van der Waals surface area contributed by atoms with Gasteiger partial charge in [0.25, 0.3) is 5.91 Å². The Labute approximate surface area is 118 Å². The molecule has 0 unspecified atom stereocenters. The Bertz CT molecular complexity index is 570. The molecule has 4 nitrogen and oxygen atoms in total. The zero-order chi connectivity index (χ0) is 14.5. The lowest BCUT2D eigenvalue weighted by Gasteiger charge is -2.06. The number of benzene rings is 1. The van der Waals surface area contributed by atoms with Crippen LogP contribution < -0.4 is 10.1 Å². The van der Waals surface area contributed by atoms with Crippen molar-refractivity contribution in [2.24, 2.45) is 0 Å². The lowest BCUT2D eigenvalue weighted by molar-refractivity contribution is 0.0911. The number of furan rings is 1. The third kappa shape index (κ3) is 3.88. The van der Waals surface area contributed by atoms with Gasteiger partial charge in [-0.05, 0) is 45.0 Å². The molecule has 0 aliphatic carbocycles. The molecule has 0 bridgehead atoms. The molecule has 0 atom stereocenters. The van der Waals surface area contributed by atoms with Crippen LogP contribution in [0.2, 0.25) is 0 Å². The molecular formula is C16H19NO3. The highest BCUT2D eigenvalue weighted by Gasteiger charge is 2.12. The Kier molecular flexibility index (Phi) is 4.45. The Morgan fingerprint density at radius 1 is 1.20 bits per heavy atom. The van der Waals surface area contributed by atoms with Crippen LogP contribution in [0.1, 0.15) is 35.7 Å². The first-order valence-electron chi connectivity index (χ1n) is 6.63. The monoisotopic (exact) mass is 273 g/mol. The molecule has 1 aromatic carbocycles. The van der Waals surface area contributed by atoms with Gasteiger partial charge in [-0.25, -0.2) is 0 Å². The topological polar surface area (TPSA) is 51.5 Å². The van der Waals surface area contributed by atoms with E-state index in [9.17, 15) is 4.79 Å². The quantitative estimate of drug-likeness (QED) is 0.909. The molecule has 4 heteroatoms. The predicted octanol–water partition coefficient (Wildman–Crippen LogP) is 3.31. The molecule has 0 aliphatic rings. The molecule has 0 saturated heterocycles. The third-order valence-corrected chi connectivity index (χ3v) is 2.71. The minimum absolute atomic E-state index is 0.0832. The zero-order valence-corrected chi connectivity index (χ0v) is 12.0. The van der Waals surface area contributed by atoms with Gasteiger partial charge in [-0.3, -0.25) is 4.79 Å². The van der Waals surface area contributed by atoms with Gasteiger partial charge in [0, 0.05) is 6.04 Å². The normalized spacial score (nSPS) is 10.6. The molecule has 106 valence electrons. The smallest absolute Gasteiger partial charge is 0.287 e. The lowest BCUT2D eigenvalue weighted by atomic mass is 10.2. The molecule has 0 spiro atoms. The molecule has 1 amide bonds. The van der Waals surface area contributed by atoms with Crippen molar-refractivity contribution in [1.29, 1.82) is 0 Å². The van der Waals surface area contributed by atoms with Crippen molar-refractivity contribution in [2.45, 2.75) is 33.4 Å². The van der Waals surface area contributed by atoms with Crippen molar-refractivity contribution in [2.75, 3.05) is 0 Å². The maximum atomic E-state index is 11.7. The summed E-state index contributed by atoms with van der Waals surface area (Å²) in [6.45, 7) is 6.14. The molecule has 2 rings (SSSR count). The second kappa shape index (κ2) is 6.28. The SMILES string of the molecule is Cc1ccc(OCc2ccc(C(=O)NC(C)C)o2)cc1. The van der Waals surface area contributed by atoms with Crippen LogP contribution in [0.4, 0.5) is 0 Å². The van der Waals surface area contributed by atoms with Gasteiger partial charge < -0.3 is 14.5 Å². The Hall–Kier alpha value is -2.23. The average Bonchev–Trinajstić information content (AvgIpc) is 2.86. The van der Waals surface area contributed by atoms with Crippen molar-refractivity contribution in [3.8, 4) is 5.75 Å². The summed E-state index contributed by atoms with van der Waals surface area (Å²) >= 11 is 0. The van der Waals surface area contributed by atoms with Crippen LogP contribution in [-0.4, -0.2) is 11.9 Å². The molecule has 0 radical (unpaired) electrons. The predicted molar refractivity (Wildman–Crippen MR) is 76.8 cm³/mol. The molecule has 1 heterocycles. The number of carbonyl (C=O) groups is 1. The standard InChI is InChI=1S/C16H19NO3/c1-11(2)17-16(18)15-9-8-14(20-15)10-19-13-6-4-12(3)5-7-13/h4-9,11H,10H2,1-3H3,(H,17,18). The highest BCUT2D eigenvalue weighted by molar-refractivity contribution is 5.91. The maximum absolute atomic E-state index is 11.7. The highest BCUT2D eigenvalue weighted by Crippen LogP contribution is 2.15. The summed E-state index contributed by atoms with van der Waals surface area (Å²) in [7, 11) is 0. The fraction of sp³-hybridized carbons (Fsp3) is 0.312. The van der Waals surface area contributed by atoms with Crippen LogP contribution in [0.25, 0.3) is 0 Å². The van der Waals surface area contributed by atoms with Crippen LogP contribution in [0, 0.1) is 6.92 Å². The molecular weight excluding hydrogens is 254 g/mol. The minimum atomic E-state index is -0.207. The van der Waals surface area contributed by atoms with Gasteiger partial charge in [0.05, 0.1) is 0 Å². The van der Waals surface area contributed by atoms with E-state index in [-0.39, 0.29) is 11.9 Å². The van der Waals surface area contributed by atoms with Crippen molar-refractivity contribution >= 4 is 5.91 Å². The van der Waals surface area contributed by atoms with Crippen LogP contribution >= 0.6 is 0 Å². The fourth-order valence-electron chi connectivity index (χ4n) is 1.70. The number of hydrogen-bond donors (Lipinski definition) is 1. The van der Waals surface area contributed by atoms with E-state index in [1.54, 1.807) is 12.1 Å². The van der Waals surface area contributed by atoms with Gasteiger partial charge in [0.2, 0.25) is 0 Å². The van der Waals surface area contributed by atoms with Gasteiger partial charge in [-0.15, -0.1) is 0 Å². The lowest BCUT2D eigenvalue weighted by Crippen LogP contribution is -2.29. The van der Waals surface area contributed by atoms with E-state index >= 15 is 0 Å². The summed E-state index contributed by atoms with van der Waals surface area (Å²) in [6, 6.07) is 11.3. The Morgan fingerprint density at radius 2 is 1.90 bits per heavy atom. The first-order valence-corrected chi connectivity index (χ1v) is 6.63. The molecule has 2 aromatic rings. The first-order chi connectivity index (χ1) is 9.54. The summed E-state index contributed by atoms with van der Waals surface area (Å²) in [5.74, 6) is 1.50. The number of aryl methyl sites for hydroxylation is 1. The van der Waals surface area contributed by atoms with Gasteiger partial charge in [-0.1, -0.05) is 17.7 Å². The number of amides is 1. The van der Waals surface area contributed by atoms with E-state index in [2.05, 4.69) is 5.32 Å². The van der Waals surface area contributed by atoms with Crippen molar-refractivity contribution in [3.63, 3.8) is 0 Å². The van der Waals surface area contributed by atoms with E-state index in [1.165, 1.54) is 5.56 Å². The van der Waals surface area contributed by atoms with Gasteiger partial charge in [0.15, 0.2) is 5.76 Å². The van der Waals surface area contributed by atoms with Gasteiger partial charge >= 0.3 is 0 Å². The molecule has 0 aliphatic heterocycles. The summed E-state index contributed by atoms with van der Waals surface area (Å²) in [5, 5.41) is 2.78. The zero-order valence-electron chi connectivity index (χ0n) is 12.0. The van der Waals surface area contributed by atoms with E-state index < -0.39 is 0 Å².